The standard InChI is InChI=1S/C8H14O4/c1-6(9)11-5-7-3-4-8(10-2)12-7/h7-8H,3-5H2,1-2H3/t7-,8+/m0/s1. The van der Waals surface area contributed by atoms with Crippen LogP contribution >= 0.6 is 0 Å². The maximum absolute atomic E-state index is 10.4. The summed E-state index contributed by atoms with van der Waals surface area (Å²) in [6.07, 6.45) is 1.67. The predicted octanol–water partition coefficient (Wildman–Crippen LogP) is 0.701. The van der Waals surface area contributed by atoms with Gasteiger partial charge in [-0.1, -0.05) is 0 Å². The normalized spacial score (nSPS) is 28.8. The van der Waals surface area contributed by atoms with Crippen LogP contribution in [0.4, 0.5) is 0 Å². The zero-order valence-electron chi connectivity index (χ0n) is 7.41. The molecule has 1 fully saturated rings. The van der Waals surface area contributed by atoms with Crippen molar-refractivity contribution < 1.29 is 19.0 Å². The molecule has 0 unspecified atom stereocenters. The van der Waals surface area contributed by atoms with Crippen LogP contribution in [0, 0.1) is 0 Å². The molecule has 4 heteroatoms. The van der Waals surface area contributed by atoms with Crippen LogP contribution in [0.1, 0.15) is 19.8 Å². The van der Waals surface area contributed by atoms with E-state index < -0.39 is 0 Å². The Kier molecular flexibility index (Phi) is 3.49. The Balaban J connectivity index is 2.15. The number of ether oxygens (including phenoxy) is 3. The third-order valence-corrected chi connectivity index (χ3v) is 1.80. The van der Waals surface area contributed by atoms with Gasteiger partial charge in [-0.05, 0) is 6.42 Å². The van der Waals surface area contributed by atoms with E-state index in [1.54, 1.807) is 7.11 Å². The molecule has 0 amide bonds. The van der Waals surface area contributed by atoms with Crippen molar-refractivity contribution >= 4 is 5.97 Å². The summed E-state index contributed by atoms with van der Waals surface area (Å²) in [5.41, 5.74) is 0. The van der Waals surface area contributed by atoms with Crippen molar-refractivity contribution in [3.8, 4) is 0 Å². The fraction of sp³-hybridized carbons (Fsp3) is 0.875. The first-order valence-corrected chi connectivity index (χ1v) is 4.04. The van der Waals surface area contributed by atoms with Crippen LogP contribution < -0.4 is 0 Å². The van der Waals surface area contributed by atoms with Crippen molar-refractivity contribution in [3.63, 3.8) is 0 Å². The fourth-order valence-corrected chi connectivity index (χ4v) is 1.18. The van der Waals surface area contributed by atoms with Crippen molar-refractivity contribution in [3.05, 3.63) is 0 Å². The zero-order valence-corrected chi connectivity index (χ0v) is 7.41. The molecule has 0 N–H and O–H groups in total. The Morgan fingerprint density at radius 1 is 1.58 bits per heavy atom. The van der Waals surface area contributed by atoms with Gasteiger partial charge in [0.05, 0.1) is 6.10 Å². The second-order valence-electron chi connectivity index (χ2n) is 2.80. The molecule has 0 aliphatic carbocycles. The average Bonchev–Trinajstić information content (AvgIpc) is 2.48. The van der Waals surface area contributed by atoms with Gasteiger partial charge in [0.2, 0.25) is 0 Å². The van der Waals surface area contributed by atoms with Crippen LogP contribution in [0.2, 0.25) is 0 Å². The predicted molar refractivity (Wildman–Crippen MR) is 41.5 cm³/mol. The van der Waals surface area contributed by atoms with Crippen LogP contribution in [0.5, 0.6) is 0 Å². The minimum Gasteiger partial charge on any atom is -0.463 e. The van der Waals surface area contributed by atoms with E-state index in [-0.39, 0.29) is 18.4 Å². The Hall–Kier alpha value is -0.610. The molecule has 1 aliphatic rings. The lowest BCUT2D eigenvalue weighted by atomic mass is 10.2. The topological polar surface area (TPSA) is 44.8 Å². The van der Waals surface area contributed by atoms with Gasteiger partial charge < -0.3 is 14.2 Å². The number of rotatable bonds is 3. The molecular weight excluding hydrogens is 160 g/mol. The molecule has 4 nitrogen and oxygen atoms in total. The molecule has 0 radical (unpaired) electrons. The molecule has 1 rings (SSSR count). The maximum atomic E-state index is 10.4. The molecule has 0 aromatic heterocycles. The van der Waals surface area contributed by atoms with Crippen LogP contribution in [0.3, 0.4) is 0 Å². The molecule has 1 saturated heterocycles. The van der Waals surface area contributed by atoms with Crippen LogP contribution in [-0.2, 0) is 19.0 Å². The second-order valence-corrected chi connectivity index (χ2v) is 2.80. The summed E-state index contributed by atoms with van der Waals surface area (Å²) in [5.74, 6) is -0.264. The Labute approximate surface area is 71.8 Å². The lowest BCUT2D eigenvalue weighted by Gasteiger charge is -2.11. The van der Waals surface area contributed by atoms with Crippen LogP contribution in [0.15, 0.2) is 0 Å². The van der Waals surface area contributed by atoms with Crippen molar-refractivity contribution in [1.82, 2.24) is 0 Å². The van der Waals surface area contributed by atoms with Gasteiger partial charge >= 0.3 is 5.97 Å². The Morgan fingerprint density at radius 3 is 2.83 bits per heavy atom. The molecule has 0 bridgehead atoms. The van der Waals surface area contributed by atoms with Crippen molar-refractivity contribution in [2.75, 3.05) is 13.7 Å². The van der Waals surface area contributed by atoms with Crippen molar-refractivity contribution in [2.45, 2.75) is 32.2 Å². The van der Waals surface area contributed by atoms with E-state index in [2.05, 4.69) is 0 Å². The smallest absolute Gasteiger partial charge is 0.302 e. The van der Waals surface area contributed by atoms with Gasteiger partial charge in [0, 0.05) is 20.5 Å². The Bertz CT molecular complexity index is 157. The highest BCUT2D eigenvalue weighted by Gasteiger charge is 2.25. The van der Waals surface area contributed by atoms with Crippen LogP contribution in [-0.4, -0.2) is 32.1 Å². The molecule has 1 heterocycles. The quantitative estimate of drug-likeness (QED) is 0.591. The number of carbonyl (C=O) groups is 1. The van der Waals surface area contributed by atoms with E-state index in [9.17, 15) is 4.79 Å². The highest BCUT2D eigenvalue weighted by Crippen LogP contribution is 2.19. The van der Waals surface area contributed by atoms with Crippen LogP contribution in [0.25, 0.3) is 0 Å². The fourth-order valence-electron chi connectivity index (χ4n) is 1.18. The number of hydrogen-bond acceptors (Lipinski definition) is 4. The van der Waals surface area contributed by atoms with Gasteiger partial charge in [0.1, 0.15) is 6.61 Å². The molecule has 0 spiro atoms. The van der Waals surface area contributed by atoms with Crippen molar-refractivity contribution in [2.24, 2.45) is 0 Å². The zero-order chi connectivity index (χ0) is 8.97. The molecule has 0 saturated carbocycles. The third kappa shape index (κ3) is 2.79. The molecular formula is C8H14O4. The third-order valence-electron chi connectivity index (χ3n) is 1.80. The van der Waals surface area contributed by atoms with E-state index in [0.717, 1.165) is 12.8 Å². The highest BCUT2D eigenvalue weighted by molar-refractivity contribution is 5.65. The van der Waals surface area contributed by atoms with Crippen molar-refractivity contribution in [1.29, 1.82) is 0 Å². The molecule has 0 aromatic carbocycles. The monoisotopic (exact) mass is 174 g/mol. The first kappa shape index (κ1) is 9.48. The van der Waals surface area contributed by atoms with Gasteiger partial charge in [0.15, 0.2) is 6.29 Å². The largest absolute Gasteiger partial charge is 0.463 e. The minimum absolute atomic E-state index is 0.0128. The summed E-state index contributed by atoms with van der Waals surface area (Å²) in [5, 5.41) is 0. The number of methoxy groups -OCH3 is 1. The maximum Gasteiger partial charge on any atom is 0.302 e. The van der Waals surface area contributed by atoms with E-state index >= 15 is 0 Å². The summed E-state index contributed by atoms with van der Waals surface area (Å²) in [6, 6.07) is 0. The van der Waals surface area contributed by atoms with E-state index in [0.29, 0.717) is 6.61 Å². The molecule has 1 aliphatic heterocycles. The number of carbonyl (C=O) groups excluding carboxylic acids is 1. The summed E-state index contributed by atoms with van der Waals surface area (Å²) in [4.78, 5) is 10.4. The SMILES string of the molecule is CO[C@H]1CC[C@@H](COC(C)=O)O1. The molecule has 2 atom stereocenters. The van der Waals surface area contributed by atoms with Gasteiger partial charge in [0.25, 0.3) is 0 Å². The summed E-state index contributed by atoms with van der Waals surface area (Å²) >= 11 is 0. The van der Waals surface area contributed by atoms with E-state index in [1.165, 1.54) is 6.92 Å². The highest BCUT2D eigenvalue weighted by atomic mass is 16.7. The number of hydrogen-bond donors (Lipinski definition) is 0. The lowest BCUT2D eigenvalue weighted by molar-refractivity contribution is -0.153. The van der Waals surface area contributed by atoms with Gasteiger partial charge in [-0.2, -0.15) is 0 Å². The Morgan fingerprint density at radius 2 is 2.33 bits per heavy atom. The van der Waals surface area contributed by atoms with E-state index in [1.807, 2.05) is 0 Å². The molecule has 70 valence electrons. The van der Waals surface area contributed by atoms with Gasteiger partial charge in [-0.3, -0.25) is 4.79 Å². The first-order valence-electron chi connectivity index (χ1n) is 4.04. The van der Waals surface area contributed by atoms with E-state index in [4.69, 9.17) is 14.2 Å². The number of esters is 1. The van der Waals surface area contributed by atoms with Gasteiger partial charge in [-0.25, -0.2) is 0 Å². The first-order chi connectivity index (χ1) is 5.72. The van der Waals surface area contributed by atoms with Gasteiger partial charge in [-0.15, -0.1) is 0 Å². The summed E-state index contributed by atoms with van der Waals surface area (Å²) < 4.78 is 15.1. The summed E-state index contributed by atoms with van der Waals surface area (Å²) in [7, 11) is 1.61. The molecule has 0 aromatic rings. The second kappa shape index (κ2) is 4.42. The molecule has 12 heavy (non-hydrogen) atoms. The lowest BCUT2D eigenvalue weighted by Crippen LogP contribution is -2.19. The average molecular weight is 174 g/mol. The minimum atomic E-state index is -0.264. The summed E-state index contributed by atoms with van der Waals surface area (Å²) in [6.45, 7) is 1.73.